The summed E-state index contributed by atoms with van der Waals surface area (Å²) in [5, 5.41) is 0. The topological polar surface area (TPSA) is 35.0 Å². The SMILES string of the molecule is COc1cnc(-c2ccc(C[Si](C)[Si][Si])cc2)nc1. The van der Waals surface area contributed by atoms with E-state index in [4.69, 9.17) is 4.74 Å². The van der Waals surface area contributed by atoms with E-state index in [0.717, 1.165) is 19.9 Å². The quantitative estimate of drug-likeness (QED) is 0.787. The summed E-state index contributed by atoms with van der Waals surface area (Å²) in [7, 11) is 5.86. The van der Waals surface area contributed by atoms with Gasteiger partial charge in [0.25, 0.3) is 0 Å². The highest BCUT2D eigenvalue weighted by molar-refractivity contribution is 7.30. The second-order valence-corrected chi connectivity index (χ2v) is 12.0. The lowest BCUT2D eigenvalue weighted by molar-refractivity contribution is 0.411. The van der Waals surface area contributed by atoms with Crippen LogP contribution in [0.3, 0.4) is 0 Å². The molecule has 0 spiro atoms. The van der Waals surface area contributed by atoms with Gasteiger partial charge in [-0.25, -0.2) is 9.97 Å². The van der Waals surface area contributed by atoms with Crippen LogP contribution in [-0.2, 0) is 6.04 Å². The molecule has 1 aromatic carbocycles. The Labute approximate surface area is 120 Å². The molecule has 1 aromatic heterocycles. The molecule has 2 aromatic rings. The van der Waals surface area contributed by atoms with Crippen LogP contribution in [0.2, 0.25) is 6.55 Å². The largest absolute Gasteiger partial charge is 0.494 e. The number of rotatable bonds is 5. The molecule has 1 heterocycles. The maximum absolute atomic E-state index is 5.05. The highest BCUT2D eigenvalue weighted by Gasteiger charge is 2.05. The van der Waals surface area contributed by atoms with Crippen molar-refractivity contribution in [1.82, 2.24) is 9.97 Å². The number of hydrogen-bond acceptors (Lipinski definition) is 3. The fraction of sp³-hybridized carbons (Fsp3) is 0.231. The van der Waals surface area contributed by atoms with E-state index in [1.54, 1.807) is 19.5 Å². The van der Waals surface area contributed by atoms with Gasteiger partial charge in [-0.1, -0.05) is 36.4 Å². The van der Waals surface area contributed by atoms with Gasteiger partial charge in [-0.05, 0) is 6.04 Å². The van der Waals surface area contributed by atoms with E-state index in [1.807, 2.05) is 0 Å². The average Bonchev–Trinajstić information content (AvgIpc) is 2.48. The van der Waals surface area contributed by atoms with Gasteiger partial charge >= 0.3 is 0 Å². The van der Waals surface area contributed by atoms with Crippen LogP contribution in [0.1, 0.15) is 5.56 Å². The molecule has 0 fully saturated rings. The van der Waals surface area contributed by atoms with Crippen molar-refractivity contribution < 1.29 is 4.74 Å². The summed E-state index contributed by atoms with van der Waals surface area (Å²) < 4.78 is 5.05. The number of hydrogen-bond donors (Lipinski definition) is 0. The molecule has 3 nitrogen and oxygen atoms in total. The molecule has 94 valence electrons. The minimum atomic E-state index is -0.273. The molecule has 2 rings (SSSR count). The van der Waals surface area contributed by atoms with Crippen LogP contribution in [-0.4, -0.2) is 43.7 Å². The summed E-state index contributed by atoms with van der Waals surface area (Å²) in [4.78, 5) is 8.58. The Hall–Kier alpha value is -1.25. The lowest BCUT2D eigenvalue weighted by Crippen LogP contribution is -2.21. The van der Waals surface area contributed by atoms with Crippen LogP contribution >= 0.6 is 0 Å². The predicted octanol–water partition coefficient (Wildman–Crippen LogP) is 1.64. The van der Waals surface area contributed by atoms with E-state index < -0.39 is 0 Å². The first kappa shape index (κ1) is 14.2. The average molecular weight is 299 g/mol. The van der Waals surface area contributed by atoms with Crippen molar-refractivity contribution in [3.05, 3.63) is 42.2 Å². The number of nitrogens with zero attached hydrogens (tertiary/aromatic N) is 2. The first-order valence-corrected chi connectivity index (χ1v) is 11.6. The zero-order chi connectivity index (χ0) is 13.7. The predicted molar refractivity (Wildman–Crippen MR) is 80.9 cm³/mol. The zero-order valence-corrected chi connectivity index (χ0v) is 14.0. The molecule has 0 aliphatic heterocycles. The summed E-state index contributed by atoms with van der Waals surface area (Å²) >= 11 is 0. The van der Waals surface area contributed by atoms with Crippen molar-refractivity contribution >= 4 is 26.6 Å². The van der Waals surface area contributed by atoms with E-state index in [9.17, 15) is 0 Å². The van der Waals surface area contributed by atoms with Crippen molar-refractivity contribution in [3.63, 3.8) is 0 Å². The highest BCUT2D eigenvalue weighted by atomic mass is 29.5. The van der Waals surface area contributed by atoms with Crippen molar-refractivity contribution in [2.45, 2.75) is 12.6 Å². The zero-order valence-electron chi connectivity index (χ0n) is 11.0. The van der Waals surface area contributed by atoms with E-state index in [1.165, 1.54) is 11.6 Å². The second kappa shape index (κ2) is 6.78. The Morgan fingerprint density at radius 2 is 1.84 bits per heavy atom. The van der Waals surface area contributed by atoms with Gasteiger partial charge in [0.05, 0.1) is 19.5 Å². The van der Waals surface area contributed by atoms with Gasteiger partial charge in [0.1, 0.15) is 0 Å². The molecule has 0 bridgehead atoms. The standard InChI is InChI=1S/C13H14N2OSi3/c1-16-12-7-14-13(15-8-12)11-5-3-10(4-6-11)9-19(2)18-17/h3-8H,9H2,1-2H3. The van der Waals surface area contributed by atoms with Crippen LogP contribution in [0.15, 0.2) is 36.7 Å². The molecule has 0 aliphatic rings. The smallest absolute Gasteiger partial charge is 0.159 e. The Balaban J connectivity index is 2.12. The number of aromatic nitrogens is 2. The maximum Gasteiger partial charge on any atom is 0.159 e. The Bertz CT molecular complexity index is 516. The molecule has 0 amide bonds. The lowest BCUT2D eigenvalue weighted by atomic mass is 10.1. The number of ether oxygens (including phenoxy) is 1. The summed E-state index contributed by atoms with van der Waals surface area (Å²) in [6.45, 7) is 2.34. The molecular formula is C13H14N2OSi3. The summed E-state index contributed by atoms with van der Waals surface area (Å²) in [5.41, 5.74) is 2.43. The fourth-order valence-corrected chi connectivity index (χ4v) is 4.30. The van der Waals surface area contributed by atoms with Crippen LogP contribution in [0.25, 0.3) is 11.4 Å². The first-order valence-electron chi connectivity index (χ1n) is 5.93. The molecule has 6 heteroatoms. The Morgan fingerprint density at radius 3 is 2.37 bits per heavy atom. The molecule has 19 heavy (non-hydrogen) atoms. The second-order valence-electron chi connectivity index (χ2n) is 4.23. The Morgan fingerprint density at radius 1 is 1.21 bits per heavy atom. The third kappa shape index (κ3) is 3.85. The van der Waals surface area contributed by atoms with Crippen LogP contribution < -0.4 is 4.74 Å². The lowest BCUT2D eigenvalue weighted by Gasteiger charge is -2.07. The van der Waals surface area contributed by atoms with Gasteiger partial charge in [-0.3, -0.25) is 0 Å². The molecule has 0 saturated heterocycles. The third-order valence-electron chi connectivity index (χ3n) is 2.76. The van der Waals surface area contributed by atoms with E-state index in [0.29, 0.717) is 5.75 Å². The maximum atomic E-state index is 5.05. The van der Waals surface area contributed by atoms with E-state index >= 15 is 0 Å². The molecule has 0 aliphatic carbocycles. The van der Waals surface area contributed by atoms with E-state index in [2.05, 4.69) is 50.5 Å². The molecule has 0 saturated carbocycles. The molecular weight excluding hydrogens is 284 g/mol. The van der Waals surface area contributed by atoms with Crippen LogP contribution in [0.5, 0.6) is 5.75 Å². The summed E-state index contributed by atoms with van der Waals surface area (Å²) in [5.74, 6) is 1.41. The third-order valence-corrected chi connectivity index (χ3v) is 9.78. The molecule has 0 unspecified atom stereocenters. The van der Waals surface area contributed by atoms with Crippen molar-refractivity contribution in [1.29, 1.82) is 0 Å². The van der Waals surface area contributed by atoms with Gasteiger partial charge < -0.3 is 4.74 Å². The number of methoxy groups -OCH3 is 1. The van der Waals surface area contributed by atoms with Gasteiger partial charge in [0.2, 0.25) is 0 Å². The van der Waals surface area contributed by atoms with Crippen molar-refractivity contribution in [2.75, 3.05) is 7.11 Å². The van der Waals surface area contributed by atoms with Crippen LogP contribution in [0.4, 0.5) is 0 Å². The van der Waals surface area contributed by atoms with Gasteiger partial charge in [-0.15, -0.1) is 0 Å². The Kier molecular flexibility index (Phi) is 5.06. The minimum Gasteiger partial charge on any atom is -0.494 e. The first-order chi connectivity index (χ1) is 9.22. The van der Waals surface area contributed by atoms with Crippen LogP contribution in [0, 0.1) is 0 Å². The molecule has 6 radical (unpaired) electrons. The minimum absolute atomic E-state index is 0.273. The molecule has 0 N–H and O–H groups in total. The fourth-order valence-electron chi connectivity index (χ4n) is 1.69. The monoisotopic (exact) mass is 298 g/mol. The summed E-state index contributed by atoms with van der Waals surface area (Å²) in [6.07, 6.45) is 3.38. The molecule has 0 atom stereocenters. The highest BCUT2D eigenvalue weighted by Crippen LogP contribution is 2.17. The van der Waals surface area contributed by atoms with Crippen molar-refractivity contribution in [2.24, 2.45) is 0 Å². The van der Waals surface area contributed by atoms with Gasteiger partial charge in [0.15, 0.2) is 11.6 Å². The van der Waals surface area contributed by atoms with Gasteiger partial charge in [0, 0.05) is 32.2 Å². The van der Waals surface area contributed by atoms with E-state index in [-0.39, 0.29) is 8.31 Å². The normalized spacial score (nSPS) is 10.7. The van der Waals surface area contributed by atoms with Gasteiger partial charge in [-0.2, -0.15) is 0 Å². The van der Waals surface area contributed by atoms with Crippen molar-refractivity contribution in [3.8, 4) is 17.1 Å². The summed E-state index contributed by atoms with van der Waals surface area (Å²) in [6, 6.07) is 9.70. The number of benzene rings is 1.